The maximum atomic E-state index is 10.1. The molecule has 6 heteroatoms. The number of fused-ring (bicyclic) bond motifs is 1. The minimum absolute atomic E-state index is 0.353. The summed E-state index contributed by atoms with van der Waals surface area (Å²) in [7, 11) is 0. The third-order valence-corrected chi connectivity index (χ3v) is 2.62. The zero-order valence-electron chi connectivity index (χ0n) is 9.48. The number of hydroxylamine groups is 1. The lowest BCUT2D eigenvalue weighted by Gasteiger charge is -2.15. The lowest BCUT2D eigenvalue weighted by Crippen LogP contribution is -2.19. The molecular weight excluding hydrogens is 230 g/mol. The summed E-state index contributed by atoms with van der Waals surface area (Å²) in [6, 6.07) is 9.66. The van der Waals surface area contributed by atoms with Crippen LogP contribution in [0.2, 0.25) is 0 Å². The van der Waals surface area contributed by atoms with Gasteiger partial charge in [0.05, 0.1) is 12.9 Å². The van der Waals surface area contributed by atoms with Crippen molar-refractivity contribution in [2.24, 2.45) is 0 Å². The van der Waals surface area contributed by atoms with E-state index in [0.29, 0.717) is 23.5 Å². The molecule has 0 aliphatic heterocycles. The molecule has 0 saturated carbocycles. The molecule has 2 aromatic heterocycles. The molecule has 90 valence electrons. The zero-order chi connectivity index (χ0) is 12.4. The first-order valence-corrected chi connectivity index (χ1v) is 5.49. The number of imidazole rings is 1. The second kappa shape index (κ2) is 4.42. The van der Waals surface area contributed by atoms with Gasteiger partial charge in [0.2, 0.25) is 0 Å². The fourth-order valence-electron chi connectivity index (χ4n) is 1.78. The first-order chi connectivity index (χ1) is 8.84. The fraction of sp³-hybridized carbons (Fsp3) is 0.0833. The van der Waals surface area contributed by atoms with Crippen molar-refractivity contribution in [2.75, 3.05) is 5.06 Å². The standard InChI is InChI=1S/C12H11N5O/c18-17(6-9-4-2-1-3-5-9)12-10-11(14-7-13-10)15-8-16-12/h1-5,7-8,18H,6H2,(H,13,14,15,16). The molecule has 18 heavy (non-hydrogen) atoms. The Balaban J connectivity index is 1.92. The molecule has 0 bridgehead atoms. The van der Waals surface area contributed by atoms with Gasteiger partial charge in [-0.15, -0.1) is 0 Å². The van der Waals surface area contributed by atoms with E-state index < -0.39 is 0 Å². The van der Waals surface area contributed by atoms with Crippen molar-refractivity contribution in [3.8, 4) is 0 Å². The molecule has 2 N–H and O–H groups in total. The van der Waals surface area contributed by atoms with Crippen LogP contribution in [0, 0.1) is 0 Å². The van der Waals surface area contributed by atoms with Crippen molar-refractivity contribution in [1.29, 1.82) is 0 Å². The highest BCUT2D eigenvalue weighted by Gasteiger charge is 2.12. The molecule has 0 amide bonds. The first-order valence-electron chi connectivity index (χ1n) is 5.49. The third kappa shape index (κ3) is 1.89. The van der Waals surface area contributed by atoms with Crippen molar-refractivity contribution in [1.82, 2.24) is 19.9 Å². The summed E-state index contributed by atoms with van der Waals surface area (Å²) in [6.45, 7) is 0.353. The maximum absolute atomic E-state index is 10.1. The smallest absolute Gasteiger partial charge is 0.182 e. The van der Waals surface area contributed by atoms with Crippen LogP contribution in [0.4, 0.5) is 5.82 Å². The average Bonchev–Trinajstić information content (AvgIpc) is 2.87. The van der Waals surface area contributed by atoms with Crippen molar-refractivity contribution >= 4 is 17.0 Å². The third-order valence-electron chi connectivity index (χ3n) is 2.62. The highest BCUT2D eigenvalue weighted by Crippen LogP contribution is 2.19. The lowest BCUT2D eigenvalue weighted by molar-refractivity contribution is 0.247. The summed E-state index contributed by atoms with van der Waals surface area (Å²) in [5, 5.41) is 11.2. The van der Waals surface area contributed by atoms with Gasteiger partial charge < -0.3 is 4.98 Å². The molecular formula is C12H11N5O. The van der Waals surface area contributed by atoms with E-state index in [2.05, 4.69) is 19.9 Å². The van der Waals surface area contributed by atoms with Crippen LogP contribution in [-0.4, -0.2) is 25.1 Å². The van der Waals surface area contributed by atoms with E-state index in [4.69, 9.17) is 0 Å². The van der Waals surface area contributed by atoms with Gasteiger partial charge >= 0.3 is 0 Å². The van der Waals surface area contributed by atoms with Gasteiger partial charge in [0.1, 0.15) is 11.8 Å². The van der Waals surface area contributed by atoms with E-state index in [1.807, 2.05) is 30.3 Å². The van der Waals surface area contributed by atoms with Crippen molar-refractivity contribution in [3.05, 3.63) is 48.5 Å². The second-order valence-corrected chi connectivity index (χ2v) is 3.84. The summed E-state index contributed by atoms with van der Waals surface area (Å²) < 4.78 is 0. The Hall–Kier alpha value is -2.47. The van der Waals surface area contributed by atoms with E-state index in [0.717, 1.165) is 10.6 Å². The quantitative estimate of drug-likeness (QED) is 0.683. The summed E-state index contributed by atoms with van der Waals surface area (Å²) >= 11 is 0. The van der Waals surface area contributed by atoms with E-state index >= 15 is 0 Å². The normalized spacial score (nSPS) is 10.7. The Labute approximate surface area is 103 Å². The molecule has 1 aromatic carbocycles. The monoisotopic (exact) mass is 241 g/mol. The number of hydrogen-bond acceptors (Lipinski definition) is 5. The molecule has 0 spiro atoms. The molecule has 2 heterocycles. The molecule has 0 unspecified atom stereocenters. The molecule has 3 rings (SSSR count). The number of aromatic amines is 1. The number of hydrogen-bond donors (Lipinski definition) is 2. The van der Waals surface area contributed by atoms with Gasteiger partial charge in [-0.05, 0) is 5.56 Å². The Morgan fingerprint density at radius 3 is 2.78 bits per heavy atom. The van der Waals surface area contributed by atoms with Crippen LogP contribution in [0.1, 0.15) is 5.56 Å². The largest absolute Gasteiger partial charge is 0.340 e. The van der Waals surface area contributed by atoms with Crippen LogP contribution in [0.3, 0.4) is 0 Å². The van der Waals surface area contributed by atoms with Crippen LogP contribution >= 0.6 is 0 Å². The Morgan fingerprint density at radius 2 is 1.94 bits per heavy atom. The van der Waals surface area contributed by atoms with Gasteiger partial charge in [0.15, 0.2) is 11.5 Å². The number of anilines is 1. The van der Waals surface area contributed by atoms with Gasteiger partial charge in [-0.1, -0.05) is 30.3 Å². The molecule has 0 fully saturated rings. The second-order valence-electron chi connectivity index (χ2n) is 3.84. The number of nitrogens with one attached hydrogen (secondary N) is 1. The van der Waals surface area contributed by atoms with Gasteiger partial charge in [0, 0.05) is 0 Å². The van der Waals surface area contributed by atoms with Crippen LogP contribution < -0.4 is 5.06 Å². The SMILES string of the molecule is ON(Cc1ccccc1)c1ncnc2nc[nH]c12. The van der Waals surface area contributed by atoms with Crippen LogP contribution in [0.15, 0.2) is 43.0 Å². The van der Waals surface area contributed by atoms with Crippen molar-refractivity contribution < 1.29 is 5.21 Å². The van der Waals surface area contributed by atoms with E-state index in [1.54, 1.807) is 0 Å². The minimum atomic E-state index is 0.353. The van der Waals surface area contributed by atoms with Gasteiger partial charge in [0.25, 0.3) is 0 Å². The van der Waals surface area contributed by atoms with Gasteiger partial charge in [-0.3, -0.25) is 5.21 Å². The zero-order valence-corrected chi connectivity index (χ0v) is 9.48. The molecule has 0 radical (unpaired) electrons. The highest BCUT2D eigenvalue weighted by atomic mass is 16.5. The first kappa shape index (κ1) is 10.7. The average molecular weight is 241 g/mol. The van der Waals surface area contributed by atoms with Gasteiger partial charge in [-0.2, -0.15) is 0 Å². The van der Waals surface area contributed by atoms with Crippen molar-refractivity contribution in [3.63, 3.8) is 0 Å². The van der Waals surface area contributed by atoms with E-state index in [9.17, 15) is 5.21 Å². The van der Waals surface area contributed by atoms with Crippen molar-refractivity contribution in [2.45, 2.75) is 6.54 Å². The summed E-state index contributed by atoms with van der Waals surface area (Å²) in [6.07, 6.45) is 2.91. The molecule has 0 saturated heterocycles. The number of nitrogens with zero attached hydrogens (tertiary/aromatic N) is 4. The Kier molecular flexibility index (Phi) is 2.62. The predicted molar refractivity (Wildman–Crippen MR) is 66.1 cm³/mol. The van der Waals surface area contributed by atoms with E-state index in [1.165, 1.54) is 12.7 Å². The molecule has 0 atom stereocenters. The summed E-state index contributed by atoms with van der Waals surface area (Å²) in [5.74, 6) is 0.418. The fourth-order valence-corrected chi connectivity index (χ4v) is 1.78. The molecule has 3 aromatic rings. The summed E-state index contributed by atoms with van der Waals surface area (Å²) in [5.41, 5.74) is 2.15. The molecule has 0 aliphatic carbocycles. The number of benzene rings is 1. The Bertz CT molecular complexity index is 652. The maximum Gasteiger partial charge on any atom is 0.182 e. The molecule has 0 aliphatic rings. The topological polar surface area (TPSA) is 77.9 Å². The number of aromatic nitrogens is 4. The van der Waals surface area contributed by atoms with Crippen LogP contribution in [0.5, 0.6) is 0 Å². The highest BCUT2D eigenvalue weighted by molar-refractivity contribution is 5.81. The Morgan fingerprint density at radius 1 is 1.11 bits per heavy atom. The number of rotatable bonds is 3. The minimum Gasteiger partial charge on any atom is -0.340 e. The van der Waals surface area contributed by atoms with Crippen LogP contribution in [-0.2, 0) is 6.54 Å². The van der Waals surface area contributed by atoms with E-state index in [-0.39, 0.29) is 0 Å². The summed E-state index contributed by atoms with van der Waals surface area (Å²) in [4.78, 5) is 15.0. The van der Waals surface area contributed by atoms with Gasteiger partial charge in [-0.25, -0.2) is 20.0 Å². The molecule has 6 nitrogen and oxygen atoms in total. The number of H-pyrrole nitrogens is 1. The van der Waals surface area contributed by atoms with Crippen LogP contribution in [0.25, 0.3) is 11.2 Å². The predicted octanol–water partition coefficient (Wildman–Crippen LogP) is 1.75. The lowest BCUT2D eigenvalue weighted by atomic mass is 10.2.